The summed E-state index contributed by atoms with van der Waals surface area (Å²) in [6.07, 6.45) is 4.98. The van der Waals surface area contributed by atoms with Gasteiger partial charge in [0.2, 0.25) is 0 Å². The average molecular weight is 505 g/mol. The summed E-state index contributed by atoms with van der Waals surface area (Å²) in [5.41, 5.74) is -0.487. The molecule has 2 aromatic heterocycles. The molecule has 5 N–H and O–H groups in total. The number of halogens is 3. The molecular weight excluding hydrogens is 480 g/mol. The number of ether oxygens (including phenoxy) is 1. The van der Waals surface area contributed by atoms with Gasteiger partial charge in [0.1, 0.15) is 35.2 Å². The molecule has 1 aromatic carbocycles. The molecule has 1 aliphatic heterocycles. The minimum atomic E-state index is -0.681. The molecule has 1 saturated heterocycles. The minimum Gasteiger partial charge on any atom is -0.394 e. The highest BCUT2D eigenvalue weighted by atomic mass is 35.5. The largest absolute Gasteiger partial charge is 0.394 e. The normalized spacial score (nSPS) is 15.1. The Morgan fingerprint density at radius 1 is 1.29 bits per heavy atom. The molecule has 3 heterocycles. The van der Waals surface area contributed by atoms with Gasteiger partial charge in [-0.2, -0.15) is 0 Å². The van der Waals surface area contributed by atoms with Gasteiger partial charge in [-0.3, -0.25) is 9.36 Å². The maximum absolute atomic E-state index is 14.0. The van der Waals surface area contributed by atoms with E-state index in [4.69, 9.17) is 21.7 Å². The van der Waals surface area contributed by atoms with Crippen LogP contribution in [0.3, 0.4) is 0 Å². The number of aliphatic hydroxyl groups excluding tert-OH is 1. The van der Waals surface area contributed by atoms with Crippen LogP contribution in [0.15, 0.2) is 47.5 Å². The van der Waals surface area contributed by atoms with Crippen LogP contribution in [-0.4, -0.2) is 46.2 Å². The summed E-state index contributed by atoms with van der Waals surface area (Å²) in [5.74, 6) is -0.936. The fraction of sp³-hybridized carbons (Fsp3) is 0.292. The second-order valence-electron chi connectivity index (χ2n) is 8.31. The number of hydrogen-bond donors (Lipinski definition) is 4. The molecule has 4 rings (SSSR count). The van der Waals surface area contributed by atoms with Crippen molar-refractivity contribution < 1.29 is 23.9 Å². The first-order chi connectivity index (χ1) is 16.9. The number of nitrogens with one attached hydrogen (secondary N) is 2. The van der Waals surface area contributed by atoms with Gasteiger partial charge >= 0.3 is 0 Å². The van der Waals surface area contributed by atoms with E-state index < -0.39 is 22.7 Å². The molecule has 3 aromatic rings. The molecule has 0 atom stereocenters. The van der Waals surface area contributed by atoms with Crippen LogP contribution in [0.5, 0.6) is 0 Å². The van der Waals surface area contributed by atoms with Gasteiger partial charge in [-0.25, -0.2) is 13.8 Å². The molecular formula is C24H25ClF2N5O3+. The summed E-state index contributed by atoms with van der Waals surface area (Å²) >= 11 is 6.36. The fourth-order valence-electron chi connectivity index (χ4n) is 4.06. The number of benzene rings is 1. The van der Waals surface area contributed by atoms with Crippen LogP contribution < -0.4 is 16.2 Å². The third-order valence-corrected chi connectivity index (χ3v) is 6.43. The van der Waals surface area contributed by atoms with Crippen molar-refractivity contribution in [2.24, 2.45) is 0 Å². The minimum absolute atomic E-state index is 0.0443. The Morgan fingerprint density at radius 3 is 2.66 bits per heavy atom. The molecule has 11 heteroatoms. The van der Waals surface area contributed by atoms with E-state index in [1.807, 2.05) is 0 Å². The Bertz CT molecular complexity index is 1270. The molecule has 0 aliphatic carbocycles. The second-order valence-corrected chi connectivity index (χ2v) is 8.72. The average Bonchev–Trinajstić information content (AvgIpc) is 2.86. The van der Waals surface area contributed by atoms with E-state index in [1.54, 1.807) is 12.1 Å². The molecule has 0 radical (unpaired) electrons. The number of quaternary nitrogens is 1. The lowest BCUT2D eigenvalue weighted by molar-refractivity contribution is -0.589. The van der Waals surface area contributed by atoms with E-state index in [2.05, 4.69) is 10.3 Å². The lowest BCUT2D eigenvalue weighted by Gasteiger charge is -2.36. The van der Waals surface area contributed by atoms with Gasteiger partial charge in [0.25, 0.3) is 5.56 Å². The summed E-state index contributed by atoms with van der Waals surface area (Å²) in [6.45, 7) is 0.816. The summed E-state index contributed by atoms with van der Waals surface area (Å²) in [7, 11) is 0. The molecule has 0 amide bonds. The van der Waals surface area contributed by atoms with Crippen molar-refractivity contribution in [1.82, 2.24) is 9.55 Å². The van der Waals surface area contributed by atoms with Gasteiger partial charge in [-0.1, -0.05) is 17.7 Å². The van der Waals surface area contributed by atoms with Crippen molar-refractivity contribution in [1.29, 1.82) is 5.41 Å². The number of nitrogens with zero attached hydrogens (tertiary/aromatic N) is 2. The summed E-state index contributed by atoms with van der Waals surface area (Å²) in [6, 6.07) is 6.80. The Kier molecular flexibility index (Phi) is 7.56. The van der Waals surface area contributed by atoms with Crippen LogP contribution in [0.1, 0.15) is 24.0 Å². The number of nitrogens with two attached hydrogens (primary N) is 1. The van der Waals surface area contributed by atoms with Crippen molar-refractivity contribution in [3.63, 3.8) is 0 Å². The third-order valence-electron chi connectivity index (χ3n) is 6.14. The van der Waals surface area contributed by atoms with Crippen molar-refractivity contribution in [2.45, 2.75) is 24.9 Å². The molecule has 8 nitrogen and oxygen atoms in total. The monoisotopic (exact) mass is 504 g/mol. The first-order valence-electron chi connectivity index (χ1n) is 11.0. The first kappa shape index (κ1) is 24.9. The highest BCUT2D eigenvalue weighted by molar-refractivity contribution is 6.32. The van der Waals surface area contributed by atoms with Crippen molar-refractivity contribution in [3.05, 3.63) is 80.9 Å². The van der Waals surface area contributed by atoms with Crippen LogP contribution in [0.25, 0.3) is 5.69 Å². The SMILES string of the molecule is N=Cc1c([NH2+]Cc2c(F)cccc2F)ccn(-c2cc(NC3(CO)CCOCC3)ncc2Cl)c1=O. The van der Waals surface area contributed by atoms with Crippen LogP contribution in [-0.2, 0) is 11.3 Å². The highest BCUT2D eigenvalue weighted by Crippen LogP contribution is 2.28. The predicted molar refractivity (Wildman–Crippen MR) is 128 cm³/mol. The quantitative estimate of drug-likeness (QED) is 0.352. The number of hydrogen-bond acceptors (Lipinski definition) is 6. The fourth-order valence-corrected chi connectivity index (χ4v) is 4.25. The molecule has 0 bridgehead atoms. The number of aromatic nitrogens is 2. The van der Waals surface area contributed by atoms with Crippen LogP contribution in [0.2, 0.25) is 5.02 Å². The van der Waals surface area contributed by atoms with Gasteiger partial charge in [-0.15, -0.1) is 0 Å². The zero-order chi connectivity index (χ0) is 25.0. The predicted octanol–water partition coefficient (Wildman–Crippen LogP) is 2.51. The molecule has 0 spiro atoms. The molecule has 1 fully saturated rings. The Balaban J connectivity index is 1.64. The summed E-state index contributed by atoms with van der Waals surface area (Å²) in [4.78, 5) is 17.5. The van der Waals surface area contributed by atoms with E-state index in [1.165, 1.54) is 40.5 Å². The molecule has 35 heavy (non-hydrogen) atoms. The van der Waals surface area contributed by atoms with E-state index in [0.717, 1.165) is 6.21 Å². The number of rotatable bonds is 8. The van der Waals surface area contributed by atoms with Crippen LogP contribution >= 0.6 is 11.6 Å². The van der Waals surface area contributed by atoms with E-state index in [9.17, 15) is 18.7 Å². The van der Waals surface area contributed by atoms with E-state index >= 15 is 0 Å². The molecule has 0 saturated carbocycles. The Morgan fingerprint density at radius 2 is 2.00 bits per heavy atom. The third kappa shape index (κ3) is 5.25. The maximum atomic E-state index is 14.0. The first-order valence-corrected chi connectivity index (χ1v) is 11.4. The summed E-state index contributed by atoms with van der Waals surface area (Å²) in [5, 5.41) is 22.7. The zero-order valence-electron chi connectivity index (χ0n) is 18.7. The van der Waals surface area contributed by atoms with Crippen molar-refractivity contribution in [2.75, 3.05) is 25.1 Å². The van der Waals surface area contributed by atoms with Crippen molar-refractivity contribution >= 4 is 29.3 Å². The van der Waals surface area contributed by atoms with E-state index in [0.29, 0.717) is 43.2 Å². The van der Waals surface area contributed by atoms with Crippen LogP contribution in [0, 0.1) is 17.0 Å². The van der Waals surface area contributed by atoms with Crippen molar-refractivity contribution in [3.8, 4) is 5.69 Å². The molecule has 1 aliphatic rings. The summed E-state index contributed by atoms with van der Waals surface area (Å²) < 4.78 is 34.6. The highest BCUT2D eigenvalue weighted by Gasteiger charge is 2.32. The smallest absolute Gasteiger partial charge is 0.270 e. The molecule has 184 valence electrons. The number of anilines is 1. The van der Waals surface area contributed by atoms with Crippen LogP contribution in [0.4, 0.5) is 20.3 Å². The topological polar surface area (TPSA) is 117 Å². The standard InChI is InChI=1S/C24H24ClF2N5O3/c25-17-13-30-22(31-24(14-33)5-8-35-9-6-24)10-21(17)32-7-4-20(15(11-28)23(32)34)29-12-16-18(26)2-1-3-19(16)27/h1-4,7,10-11,13,28-29,33H,5-6,8-9,12,14H2,(H,30,31)/p+1. The second kappa shape index (κ2) is 10.6. The van der Waals surface area contributed by atoms with Gasteiger partial charge in [-0.05, 0) is 25.0 Å². The Labute approximate surface area is 205 Å². The number of aliphatic hydroxyl groups is 1. The van der Waals surface area contributed by atoms with E-state index in [-0.39, 0.29) is 29.3 Å². The van der Waals surface area contributed by atoms with Gasteiger partial charge in [0.05, 0.1) is 34.6 Å². The zero-order valence-corrected chi connectivity index (χ0v) is 19.5. The van der Waals surface area contributed by atoms with Gasteiger partial charge in [0.15, 0.2) is 0 Å². The van der Waals surface area contributed by atoms with Gasteiger partial charge in [0, 0.05) is 37.8 Å². The Hall–Kier alpha value is -3.18. The lowest BCUT2D eigenvalue weighted by Crippen LogP contribution is -2.77. The number of pyridine rings is 2. The maximum Gasteiger partial charge on any atom is 0.270 e. The molecule has 0 unspecified atom stereocenters. The lowest BCUT2D eigenvalue weighted by atomic mass is 9.91. The van der Waals surface area contributed by atoms with Gasteiger partial charge < -0.3 is 25.9 Å².